The van der Waals surface area contributed by atoms with Crippen LogP contribution in [0.2, 0.25) is 0 Å². The molecule has 2 aromatic rings. The monoisotopic (exact) mass is 342 g/mol. The average molecular weight is 342 g/mol. The molecule has 0 bridgehead atoms. The van der Waals surface area contributed by atoms with Crippen molar-refractivity contribution in [2.75, 3.05) is 25.0 Å². The SMILES string of the molecule is CC[C@H](O)CN1CCC(n2nccc2NC(=O)c2ccccc2)CC1. The lowest BCUT2D eigenvalue weighted by molar-refractivity contribution is 0.0867. The summed E-state index contributed by atoms with van der Waals surface area (Å²) in [4.78, 5) is 14.7. The van der Waals surface area contributed by atoms with E-state index in [0.29, 0.717) is 5.56 Å². The molecule has 2 N–H and O–H groups in total. The smallest absolute Gasteiger partial charge is 0.256 e. The molecule has 0 unspecified atom stereocenters. The van der Waals surface area contributed by atoms with Crippen molar-refractivity contribution < 1.29 is 9.90 Å². The Hall–Kier alpha value is -2.18. The first-order valence-corrected chi connectivity index (χ1v) is 8.97. The van der Waals surface area contributed by atoms with Crippen LogP contribution >= 0.6 is 0 Å². The topological polar surface area (TPSA) is 70.4 Å². The third kappa shape index (κ3) is 4.46. The van der Waals surface area contributed by atoms with E-state index in [0.717, 1.165) is 44.7 Å². The maximum absolute atomic E-state index is 12.4. The lowest BCUT2D eigenvalue weighted by Gasteiger charge is -2.33. The highest BCUT2D eigenvalue weighted by atomic mass is 16.3. The van der Waals surface area contributed by atoms with Gasteiger partial charge in [0, 0.05) is 31.3 Å². The Labute approximate surface area is 148 Å². The van der Waals surface area contributed by atoms with Gasteiger partial charge in [0.15, 0.2) is 0 Å². The molecule has 1 aromatic heterocycles. The highest BCUT2D eigenvalue weighted by Gasteiger charge is 2.24. The third-order valence-corrected chi connectivity index (χ3v) is 4.79. The highest BCUT2D eigenvalue weighted by Crippen LogP contribution is 2.25. The molecule has 1 atom stereocenters. The van der Waals surface area contributed by atoms with Crippen LogP contribution in [-0.4, -0.2) is 51.4 Å². The minimum atomic E-state index is -0.248. The summed E-state index contributed by atoms with van der Waals surface area (Å²) in [5.41, 5.74) is 0.638. The molecule has 134 valence electrons. The molecule has 0 spiro atoms. The van der Waals surface area contributed by atoms with Crippen molar-refractivity contribution in [2.45, 2.75) is 38.3 Å². The number of piperidine rings is 1. The first-order valence-electron chi connectivity index (χ1n) is 8.97. The van der Waals surface area contributed by atoms with E-state index in [9.17, 15) is 9.90 Å². The second-order valence-electron chi connectivity index (χ2n) is 6.58. The summed E-state index contributed by atoms with van der Waals surface area (Å²) >= 11 is 0. The Kier molecular flexibility index (Phi) is 5.83. The van der Waals surface area contributed by atoms with Gasteiger partial charge in [0.05, 0.1) is 18.3 Å². The fraction of sp³-hybridized carbons (Fsp3) is 0.474. The third-order valence-electron chi connectivity index (χ3n) is 4.79. The zero-order valence-corrected chi connectivity index (χ0v) is 14.6. The molecule has 25 heavy (non-hydrogen) atoms. The minimum absolute atomic E-state index is 0.120. The van der Waals surface area contributed by atoms with Crippen LogP contribution < -0.4 is 5.32 Å². The van der Waals surface area contributed by atoms with Crippen molar-refractivity contribution >= 4 is 11.7 Å². The molecule has 1 aliphatic heterocycles. The summed E-state index contributed by atoms with van der Waals surface area (Å²) in [5, 5.41) is 17.2. The number of β-amino-alcohol motifs (C(OH)–C–C–N with tert-alkyl or cyclic N) is 1. The number of hydrogen-bond acceptors (Lipinski definition) is 4. The summed E-state index contributed by atoms with van der Waals surface area (Å²) in [6.07, 6.45) is 4.20. The van der Waals surface area contributed by atoms with Crippen LogP contribution in [0.1, 0.15) is 42.6 Å². The van der Waals surface area contributed by atoms with Crippen LogP contribution in [0, 0.1) is 0 Å². The van der Waals surface area contributed by atoms with E-state index in [4.69, 9.17) is 0 Å². The number of carbonyl (C=O) groups is 1. The molecular weight excluding hydrogens is 316 g/mol. The van der Waals surface area contributed by atoms with Gasteiger partial charge in [-0.1, -0.05) is 25.1 Å². The van der Waals surface area contributed by atoms with E-state index in [2.05, 4.69) is 15.3 Å². The second kappa shape index (κ2) is 8.27. The number of aliphatic hydroxyl groups excluding tert-OH is 1. The van der Waals surface area contributed by atoms with Gasteiger partial charge < -0.3 is 15.3 Å². The molecule has 0 saturated carbocycles. The van der Waals surface area contributed by atoms with Gasteiger partial charge in [-0.05, 0) is 31.4 Å². The minimum Gasteiger partial charge on any atom is -0.392 e. The van der Waals surface area contributed by atoms with Gasteiger partial charge in [-0.15, -0.1) is 0 Å². The van der Waals surface area contributed by atoms with Gasteiger partial charge >= 0.3 is 0 Å². The molecule has 1 aromatic carbocycles. The number of aliphatic hydroxyl groups is 1. The first kappa shape index (κ1) is 17.6. The standard InChI is InChI=1S/C19H26N4O2/c1-2-17(24)14-22-12-9-16(10-13-22)23-18(8-11-20-23)21-19(25)15-6-4-3-5-7-15/h3-8,11,16-17,24H,2,9-10,12-14H2,1H3,(H,21,25)/t17-/m0/s1. The molecule has 3 rings (SSSR count). The van der Waals surface area contributed by atoms with Crippen LogP contribution in [0.25, 0.3) is 0 Å². The Balaban J connectivity index is 1.60. The average Bonchev–Trinajstić information content (AvgIpc) is 3.11. The molecule has 1 aliphatic rings. The molecule has 6 nitrogen and oxygen atoms in total. The number of rotatable bonds is 6. The molecule has 0 aliphatic carbocycles. The Morgan fingerprint density at radius 1 is 1.28 bits per heavy atom. The number of anilines is 1. The fourth-order valence-corrected chi connectivity index (χ4v) is 3.26. The fourth-order valence-electron chi connectivity index (χ4n) is 3.26. The summed E-state index contributed by atoms with van der Waals surface area (Å²) in [6, 6.07) is 11.3. The Bertz CT molecular complexity index is 678. The lowest BCUT2D eigenvalue weighted by atomic mass is 10.0. The molecule has 6 heteroatoms. The van der Waals surface area contributed by atoms with Gasteiger partial charge in [0.1, 0.15) is 5.82 Å². The maximum Gasteiger partial charge on any atom is 0.256 e. The van der Waals surface area contributed by atoms with Crippen LogP contribution in [0.15, 0.2) is 42.6 Å². The molecule has 0 radical (unpaired) electrons. The zero-order valence-electron chi connectivity index (χ0n) is 14.6. The number of nitrogens with one attached hydrogen (secondary N) is 1. The number of hydrogen-bond donors (Lipinski definition) is 2. The number of carbonyl (C=O) groups excluding carboxylic acids is 1. The summed E-state index contributed by atoms with van der Waals surface area (Å²) in [7, 11) is 0. The quantitative estimate of drug-likeness (QED) is 0.846. The zero-order chi connectivity index (χ0) is 17.6. The van der Waals surface area contributed by atoms with E-state index in [1.165, 1.54) is 0 Å². The predicted octanol–water partition coefficient (Wildman–Crippen LogP) is 2.54. The normalized spacial score (nSPS) is 17.4. The van der Waals surface area contributed by atoms with E-state index in [1.807, 2.05) is 35.9 Å². The molecule has 1 amide bonds. The van der Waals surface area contributed by atoms with Crippen LogP contribution in [0.3, 0.4) is 0 Å². The van der Waals surface area contributed by atoms with Crippen molar-refractivity contribution in [3.63, 3.8) is 0 Å². The van der Waals surface area contributed by atoms with E-state index in [-0.39, 0.29) is 18.1 Å². The van der Waals surface area contributed by atoms with E-state index < -0.39 is 0 Å². The van der Waals surface area contributed by atoms with Gasteiger partial charge in [-0.25, -0.2) is 4.68 Å². The summed E-state index contributed by atoms with van der Waals surface area (Å²) in [5.74, 6) is 0.617. The second-order valence-corrected chi connectivity index (χ2v) is 6.58. The van der Waals surface area contributed by atoms with Crippen LogP contribution in [-0.2, 0) is 0 Å². The molecule has 1 saturated heterocycles. The Morgan fingerprint density at radius 2 is 2.00 bits per heavy atom. The Morgan fingerprint density at radius 3 is 2.68 bits per heavy atom. The number of nitrogens with zero attached hydrogens (tertiary/aromatic N) is 3. The summed E-state index contributed by atoms with van der Waals surface area (Å²) < 4.78 is 1.93. The molecular formula is C19H26N4O2. The maximum atomic E-state index is 12.4. The van der Waals surface area contributed by atoms with Crippen molar-refractivity contribution in [3.8, 4) is 0 Å². The first-order chi connectivity index (χ1) is 12.2. The van der Waals surface area contributed by atoms with E-state index >= 15 is 0 Å². The lowest BCUT2D eigenvalue weighted by Crippen LogP contribution is -2.39. The van der Waals surface area contributed by atoms with Crippen molar-refractivity contribution in [1.82, 2.24) is 14.7 Å². The van der Waals surface area contributed by atoms with Crippen molar-refractivity contribution in [3.05, 3.63) is 48.2 Å². The van der Waals surface area contributed by atoms with Crippen molar-refractivity contribution in [2.24, 2.45) is 0 Å². The van der Waals surface area contributed by atoms with Gasteiger partial charge in [-0.2, -0.15) is 5.10 Å². The summed E-state index contributed by atoms with van der Waals surface area (Å²) in [6.45, 7) is 4.62. The van der Waals surface area contributed by atoms with Crippen molar-refractivity contribution in [1.29, 1.82) is 0 Å². The van der Waals surface area contributed by atoms with Gasteiger partial charge in [0.25, 0.3) is 5.91 Å². The van der Waals surface area contributed by atoms with Gasteiger partial charge in [0.2, 0.25) is 0 Å². The number of benzene rings is 1. The van der Waals surface area contributed by atoms with Crippen LogP contribution in [0.5, 0.6) is 0 Å². The van der Waals surface area contributed by atoms with Gasteiger partial charge in [-0.3, -0.25) is 4.79 Å². The van der Waals surface area contributed by atoms with Crippen LogP contribution in [0.4, 0.5) is 5.82 Å². The predicted molar refractivity (Wildman–Crippen MR) is 97.6 cm³/mol. The molecule has 2 heterocycles. The number of aromatic nitrogens is 2. The number of likely N-dealkylation sites (tertiary alicyclic amines) is 1. The largest absolute Gasteiger partial charge is 0.392 e. The molecule has 1 fully saturated rings. The number of amides is 1. The highest BCUT2D eigenvalue weighted by molar-refractivity contribution is 6.03. The van der Waals surface area contributed by atoms with E-state index in [1.54, 1.807) is 18.3 Å².